The van der Waals surface area contributed by atoms with Gasteiger partial charge in [0, 0.05) is 18.5 Å². The van der Waals surface area contributed by atoms with Gasteiger partial charge in [0.05, 0.1) is 32.5 Å². The molecule has 0 aliphatic carbocycles. The van der Waals surface area contributed by atoms with Gasteiger partial charge in [-0.25, -0.2) is 0 Å². The zero-order valence-corrected chi connectivity index (χ0v) is 18.5. The maximum atomic E-state index is 13.0. The number of ether oxygens (including phenoxy) is 3. The van der Waals surface area contributed by atoms with Gasteiger partial charge in [-0.1, -0.05) is 12.1 Å². The summed E-state index contributed by atoms with van der Waals surface area (Å²) >= 11 is 0. The highest BCUT2D eigenvalue weighted by atomic mass is 16.5. The lowest BCUT2D eigenvalue weighted by molar-refractivity contribution is -0.169. The molecule has 3 rings (SSSR count). The lowest BCUT2D eigenvalue weighted by Crippen LogP contribution is -2.46. The molecule has 0 spiro atoms. The summed E-state index contributed by atoms with van der Waals surface area (Å²) in [6, 6.07) is 12.5. The lowest BCUT2D eigenvalue weighted by atomic mass is 9.78. The fraction of sp³-hybridized carbons (Fsp3) is 0.292. The van der Waals surface area contributed by atoms with Crippen LogP contribution in [0.1, 0.15) is 43.9 Å². The molecule has 0 saturated heterocycles. The molecule has 172 valence electrons. The first-order chi connectivity index (χ1) is 15.8. The molecular weight excluding hydrogens is 430 g/mol. The third-order valence-corrected chi connectivity index (χ3v) is 5.67. The zero-order valence-electron chi connectivity index (χ0n) is 18.5. The number of Topliss-reactive ketones (excluding diaryl/α,β-unsaturated/α-hetero) is 1. The second-order valence-corrected chi connectivity index (χ2v) is 7.45. The van der Waals surface area contributed by atoms with Crippen LogP contribution < -0.4 is 4.74 Å². The Hall–Kier alpha value is -4.01. The summed E-state index contributed by atoms with van der Waals surface area (Å²) in [6.07, 6.45) is -0.915. The number of fused-ring (bicyclic) bond motifs is 1. The average molecular weight is 453 g/mol. The second kappa shape index (κ2) is 9.64. The Labute approximate surface area is 190 Å². The predicted molar refractivity (Wildman–Crippen MR) is 115 cm³/mol. The van der Waals surface area contributed by atoms with Crippen LogP contribution in [0, 0.1) is 5.41 Å². The van der Waals surface area contributed by atoms with E-state index in [-0.39, 0.29) is 29.7 Å². The number of nitrogens with zero attached hydrogens (tertiary/aromatic N) is 1. The van der Waals surface area contributed by atoms with Crippen LogP contribution in [0.3, 0.4) is 0 Å². The van der Waals surface area contributed by atoms with Crippen LogP contribution in [-0.2, 0) is 19.1 Å². The van der Waals surface area contributed by atoms with Crippen LogP contribution in [0.2, 0.25) is 0 Å². The quantitative estimate of drug-likeness (QED) is 0.246. The molecule has 0 unspecified atom stereocenters. The number of hydrogen-bond acceptors (Lipinski definition) is 8. The van der Waals surface area contributed by atoms with Crippen molar-refractivity contribution in [2.75, 3.05) is 27.9 Å². The van der Waals surface area contributed by atoms with Crippen molar-refractivity contribution in [3.63, 3.8) is 0 Å². The fourth-order valence-electron chi connectivity index (χ4n) is 3.81. The molecule has 2 amide bonds. The van der Waals surface area contributed by atoms with Gasteiger partial charge in [0.1, 0.15) is 5.75 Å². The summed E-state index contributed by atoms with van der Waals surface area (Å²) in [4.78, 5) is 65.0. The molecule has 0 bridgehead atoms. The van der Waals surface area contributed by atoms with Crippen molar-refractivity contribution in [3.05, 3.63) is 65.2 Å². The van der Waals surface area contributed by atoms with Crippen LogP contribution >= 0.6 is 0 Å². The van der Waals surface area contributed by atoms with E-state index in [0.717, 1.165) is 19.1 Å². The number of rotatable bonds is 9. The van der Waals surface area contributed by atoms with Gasteiger partial charge < -0.3 is 14.2 Å². The second-order valence-electron chi connectivity index (χ2n) is 7.45. The van der Waals surface area contributed by atoms with Crippen LogP contribution in [0.5, 0.6) is 5.75 Å². The molecule has 0 N–H and O–H groups in total. The summed E-state index contributed by atoms with van der Waals surface area (Å²) < 4.78 is 14.8. The van der Waals surface area contributed by atoms with E-state index in [2.05, 4.69) is 0 Å². The number of carbonyl (C=O) groups excluding carboxylic acids is 5. The van der Waals surface area contributed by atoms with Gasteiger partial charge in [-0.05, 0) is 42.8 Å². The van der Waals surface area contributed by atoms with Gasteiger partial charge in [0.15, 0.2) is 11.2 Å². The number of esters is 2. The third kappa shape index (κ3) is 4.34. The Morgan fingerprint density at radius 1 is 0.818 bits per heavy atom. The topological polar surface area (TPSA) is 116 Å². The summed E-state index contributed by atoms with van der Waals surface area (Å²) in [7, 11) is 3.65. The maximum absolute atomic E-state index is 13.0. The summed E-state index contributed by atoms with van der Waals surface area (Å²) in [5, 5.41) is 0. The fourth-order valence-corrected chi connectivity index (χ4v) is 3.81. The van der Waals surface area contributed by atoms with Crippen LogP contribution in [0.15, 0.2) is 48.5 Å². The Bertz CT molecular complexity index is 1050. The SMILES string of the molecule is COC(=O)C(CCN1C(=O)c2ccccc2C1=O)(CC(=O)c1ccc(OC)cc1)C(=O)OC. The van der Waals surface area contributed by atoms with Crippen molar-refractivity contribution in [2.45, 2.75) is 12.8 Å². The molecule has 0 aromatic heterocycles. The summed E-state index contributed by atoms with van der Waals surface area (Å²) in [6.45, 7) is -0.285. The first-order valence-electron chi connectivity index (χ1n) is 10.1. The van der Waals surface area contributed by atoms with E-state index in [0.29, 0.717) is 5.75 Å². The number of hydrogen-bond donors (Lipinski definition) is 0. The number of amides is 2. The Kier molecular flexibility index (Phi) is 6.91. The molecular formula is C24H23NO8. The molecule has 0 fully saturated rings. The maximum Gasteiger partial charge on any atom is 0.323 e. The third-order valence-electron chi connectivity index (χ3n) is 5.67. The van der Waals surface area contributed by atoms with Crippen molar-refractivity contribution < 1.29 is 38.2 Å². The zero-order chi connectivity index (χ0) is 24.2. The van der Waals surface area contributed by atoms with Crippen molar-refractivity contribution in [1.29, 1.82) is 0 Å². The van der Waals surface area contributed by atoms with E-state index in [1.54, 1.807) is 24.3 Å². The smallest absolute Gasteiger partial charge is 0.323 e. The highest BCUT2D eigenvalue weighted by Gasteiger charge is 2.51. The number of imide groups is 1. The molecule has 9 heteroatoms. The number of benzene rings is 2. The minimum atomic E-state index is -2.05. The van der Waals surface area contributed by atoms with Gasteiger partial charge in [0.2, 0.25) is 0 Å². The van der Waals surface area contributed by atoms with Crippen molar-refractivity contribution in [3.8, 4) is 5.75 Å². The largest absolute Gasteiger partial charge is 0.497 e. The highest BCUT2D eigenvalue weighted by Crippen LogP contribution is 2.34. The Balaban J connectivity index is 1.90. The van der Waals surface area contributed by atoms with E-state index in [4.69, 9.17) is 14.2 Å². The van der Waals surface area contributed by atoms with Crippen molar-refractivity contribution in [2.24, 2.45) is 5.41 Å². The first kappa shape index (κ1) is 23.6. The minimum absolute atomic E-state index is 0.235. The summed E-state index contributed by atoms with van der Waals surface area (Å²) in [5.74, 6) is -3.05. The number of carbonyl (C=O) groups is 5. The van der Waals surface area contributed by atoms with E-state index >= 15 is 0 Å². The molecule has 2 aromatic rings. The average Bonchev–Trinajstić information content (AvgIpc) is 3.10. The predicted octanol–water partition coefficient (Wildman–Crippen LogP) is 2.29. The van der Waals surface area contributed by atoms with Crippen LogP contribution in [0.25, 0.3) is 0 Å². The standard InChI is InChI=1S/C24H23NO8/c1-31-16-10-8-15(9-11-16)19(26)14-24(22(29)32-2,23(30)33-3)12-13-25-20(27)17-6-4-5-7-18(17)21(25)28/h4-11H,12-14H2,1-3H3. The van der Waals surface area contributed by atoms with Crippen molar-refractivity contribution >= 4 is 29.5 Å². The highest BCUT2D eigenvalue weighted by molar-refractivity contribution is 6.21. The Morgan fingerprint density at radius 3 is 1.79 bits per heavy atom. The Morgan fingerprint density at radius 2 is 1.33 bits per heavy atom. The molecule has 2 aromatic carbocycles. The van der Waals surface area contributed by atoms with Gasteiger partial charge in [-0.15, -0.1) is 0 Å². The van der Waals surface area contributed by atoms with Crippen molar-refractivity contribution in [1.82, 2.24) is 4.90 Å². The first-order valence-corrected chi connectivity index (χ1v) is 10.1. The van der Waals surface area contributed by atoms with E-state index in [1.807, 2.05) is 0 Å². The van der Waals surface area contributed by atoms with Crippen LogP contribution in [0.4, 0.5) is 0 Å². The van der Waals surface area contributed by atoms with E-state index in [1.165, 1.54) is 31.4 Å². The van der Waals surface area contributed by atoms with Crippen LogP contribution in [-0.4, -0.2) is 62.3 Å². The van der Waals surface area contributed by atoms with Gasteiger partial charge in [-0.3, -0.25) is 28.9 Å². The molecule has 33 heavy (non-hydrogen) atoms. The molecule has 0 saturated carbocycles. The molecule has 1 aliphatic rings. The monoisotopic (exact) mass is 453 g/mol. The number of methoxy groups -OCH3 is 3. The summed E-state index contributed by atoms with van der Waals surface area (Å²) in [5.41, 5.74) is -1.33. The molecule has 0 radical (unpaired) electrons. The number of ketones is 1. The van der Waals surface area contributed by atoms with Gasteiger partial charge in [-0.2, -0.15) is 0 Å². The lowest BCUT2D eigenvalue weighted by Gasteiger charge is -2.29. The molecule has 0 atom stereocenters. The molecule has 1 aliphatic heterocycles. The molecule has 1 heterocycles. The van der Waals surface area contributed by atoms with E-state index in [9.17, 15) is 24.0 Å². The minimum Gasteiger partial charge on any atom is -0.497 e. The van der Waals surface area contributed by atoms with Gasteiger partial charge in [0.25, 0.3) is 11.8 Å². The van der Waals surface area contributed by atoms with Gasteiger partial charge >= 0.3 is 11.9 Å². The molecule has 9 nitrogen and oxygen atoms in total. The normalized spacial score (nSPS) is 12.9. The van der Waals surface area contributed by atoms with E-state index < -0.39 is 41.4 Å².